The Morgan fingerprint density at radius 1 is 1.33 bits per heavy atom. The molecule has 0 heterocycles. The highest BCUT2D eigenvalue weighted by Gasteiger charge is 1.95. The molecular weight excluding hydrogens is 222 g/mol. The Bertz CT molecular complexity index is 364. The van der Waals surface area contributed by atoms with Crippen molar-refractivity contribution in [1.29, 1.82) is 0 Å². The molecule has 0 unspecified atom stereocenters. The van der Waals surface area contributed by atoms with Gasteiger partial charge < -0.3 is 5.32 Å². The molecule has 2 nitrogen and oxygen atoms in total. The fourth-order valence-electron chi connectivity index (χ4n) is 1.05. The van der Waals surface area contributed by atoms with Gasteiger partial charge in [-0.3, -0.25) is 4.79 Å². The van der Waals surface area contributed by atoms with Crippen molar-refractivity contribution in [2.45, 2.75) is 33.6 Å². The topological polar surface area (TPSA) is 29.1 Å². The number of hydrogen-bond donors (Lipinski definition) is 1. The van der Waals surface area contributed by atoms with Crippen LogP contribution in [0.2, 0.25) is 0 Å². The molecule has 0 spiro atoms. The van der Waals surface area contributed by atoms with E-state index < -0.39 is 0 Å². The first-order valence-electron chi connectivity index (χ1n) is 6.37. The number of allylic oxidation sites excluding steroid dienone is 5. The quantitative estimate of drug-likeness (QED) is 0.331. The zero-order chi connectivity index (χ0) is 13.6. The fourth-order valence-corrected chi connectivity index (χ4v) is 1.05. The molecular formula is C16H23NO. The highest BCUT2D eigenvalue weighted by Crippen LogP contribution is 1.90. The van der Waals surface area contributed by atoms with Crippen molar-refractivity contribution in [3.8, 4) is 11.8 Å². The maximum absolute atomic E-state index is 11.3. The number of unbranched alkanes of at least 4 members (excludes halogenated alkanes) is 1. The Hall–Kier alpha value is -1.75. The first-order valence-corrected chi connectivity index (χ1v) is 6.37. The summed E-state index contributed by atoms with van der Waals surface area (Å²) in [6.07, 6.45) is 12.7. The first kappa shape index (κ1) is 16.2. The van der Waals surface area contributed by atoms with Crippen molar-refractivity contribution in [2.75, 3.05) is 6.54 Å². The van der Waals surface area contributed by atoms with E-state index in [1.165, 1.54) is 0 Å². The Balaban J connectivity index is 3.69. The minimum atomic E-state index is -0.0405. The number of carbonyl (C=O) groups is 1. The predicted molar refractivity (Wildman–Crippen MR) is 78.0 cm³/mol. The van der Waals surface area contributed by atoms with E-state index in [1.54, 1.807) is 12.2 Å². The Kier molecular flexibility index (Phi) is 10.6. The first-order chi connectivity index (χ1) is 8.66. The molecule has 0 saturated heterocycles. The predicted octanol–water partition coefficient (Wildman–Crippen LogP) is 3.23. The van der Waals surface area contributed by atoms with Crippen molar-refractivity contribution < 1.29 is 4.79 Å². The number of amides is 1. The van der Waals surface area contributed by atoms with Crippen molar-refractivity contribution in [3.63, 3.8) is 0 Å². The van der Waals surface area contributed by atoms with E-state index in [2.05, 4.69) is 31.0 Å². The van der Waals surface area contributed by atoms with E-state index >= 15 is 0 Å². The Morgan fingerprint density at radius 3 is 2.78 bits per heavy atom. The van der Waals surface area contributed by atoms with Crippen molar-refractivity contribution in [2.24, 2.45) is 5.92 Å². The van der Waals surface area contributed by atoms with Gasteiger partial charge in [0.15, 0.2) is 0 Å². The SMILES string of the molecule is C/C=C\C#CCC/C=C/C=C/C(=O)NCC(C)C. The maximum atomic E-state index is 11.3. The molecule has 0 aliphatic rings. The molecule has 0 bridgehead atoms. The second-order valence-electron chi connectivity index (χ2n) is 4.29. The molecule has 0 saturated carbocycles. The van der Waals surface area contributed by atoms with Crippen molar-refractivity contribution >= 4 is 5.91 Å². The monoisotopic (exact) mass is 245 g/mol. The summed E-state index contributed by atoms with van der Waals surface area (Å²) >= 11 is 0. The van der Waals surface area contributed by atoms with E-state index in [4.69, 9.17) is 0 Å². The molecule has 0 radical (unpaired) electrons. The molecule has 0 aromatic carbocycles. The molecule has 18 heavy (non-hydrogen) atoms. The summed E-state index contributed by atoms with van der Waals surface area (Å²) in [6.45, 7) is 6.80. The summed E-state index contributed by atoms with van der Waals surface area (Å²) in [6, 6.07) is 0. The van der Waals surface area contributed by atoms with Crippen LogP contribution in [0.4, 0.5) is 0 Å². The third kappa shape index (κ3) is 12.3. The molecule has 0 fully saturated rings. The highest BCUT2D eigenvalue weighted by molar-refractivity contribution is 5.87. The van der Waals surface area contributed by atoms with Crippen molar-refractivity contribution in [1.82, 2.24) is 5.32 Å². The molecule has 0 aromatic heterocycles. The zero-order valence-electron chi connectivity index (χ0n) is 11.6. The van der Waals surface area contributed by atoms with Gasteiger partial charge in [-0.1, -0.05) is 50.0 Å². The zero-order valence-corrected chi connectivity index (χ0v) is 11.6. The molecule has 0 rings (SSSR count). The number of hydrogen-bond acceptors (Lipinski definition) is 1. The molecule has 2 heteroatoms. The lowest BCUT2D eigenvalue weighted by molar-refractivity contribution is -0.116. The standard InChI is InChI=1S/C16H23NO/c1-4-5-6-7-8-9-10-11-12-13-16(18)17-14-15(2)3/h4-5,10-13,15H,8-9,14H2,1-3H3,(H,17,18)/b5-4-,11-10+,13-12+. The van der Waals surface area contributed by atoms with Crippen LogP contribution in [0.1, 0.15) is 33.6 Å². The van der Waals surface area contributed by atoms with Crippen LogP contribution in [0.25, 0.3) is 0 Å². The molecule has 0 aliphatic carbocycles. The number of rotatable bonds is 6. The van der Waals surface area contributed by atoms with E-state index in [0.29, 0.717) is 12.5 Å². The summed E-state index contributed by atoms with van der Waals surface area (Å²) in [5, 5.41) is 2.82. The number of nitrogens with one attached hydrogen (secondary N) is 1. The van der Waals surface area contributed by atoms with E-state index in [-0.39, 0.29) is 5.91 Å². The van der Waals surface area contributed by atoms with E-state index in [1.807, 2.05) is 31.2 Å². The van der Waals surface area contributed by atoms with Crippen LogP contribution in [-0.4, -0.2) is 12.5 Å². The number of carbonyl (C=O) groups excluding carboxylic acids is 1. The summed E-state index contributed by atoms with van der Waals surface area (Å²) in [7, 11) is 0. The minimum absolute atomic E-state index is 0.0405. The van der Waals surface area contributed by atoms with Gasteiger partial charge in [0.1, 0.15) is 0 Å². The fraction of sp³-hybridized carbons (Fsp3) is 0.438. The normalized spacial score (nSPS) is 11.3. The van der Waals surface area contributed by atoms with Crippen LogP contribution in [0.3, 0.4) is 0 Å². The van der Waals surface area contributed by atoms with Crippen molar-refractivity contribution in [3.05, 3.63) is 36.5 Å². The minimum Gasteiger partial charge on any atom is -0.352 e. The van der Waals surface area contributed by atoms with Crippen LogP contribution in [0.5, 0.6) is 0 Å². The average molecular weight is 245 g/mol. The third-order valence-corrected chi connectivity index (χ3v) is 1.97. The van der Waals surface area contributed by atoms with Gasteiger partial charge in [0.25, 0.3) is 0 Å². The lowest BCUT2D eigenvalue weighted by Gasteiger charge is -2.03. The van der Waals surface area contributed by atoms with Crippen LogP contribution < -0.4 is 5.32 Å². The highest BCUT2D eigenvalue weighted by atomic mass is 16.1. The molecule has 98 valence electrons. The lowest BCUT2D eigenvalue weighted by atomic mass is 10.2. The van der Waals surface area contributed by atoms with Crippen LogP contribution in [-0.2, 0) is 4.79 Å². The van der Waals surface area contributed by atoms with Gasteiger partial charge in [-0.2, -0.15) is 0 Å². The van der Waals surface area contributed by atoms with Crippen LogP contribution >= 0.6 is 0 Å². The summed E-state index contributed by atoms with van der Waals surface area (Å²) in [4.78, 5) is 11.3. The van der Waals surface area contributed by atoms with Crippen LogP contribution in [0, 0.1) is 17.8 Å². The Labute approximate surface area is 111 Å². The second kappa shape index (κ2) is 11.7. The van der Waals surface area contributed by atoms with Gasteiger partial charge in [-0.25, -0.2) is 0 Å². The van der Waals surface area contributed by atoms with Gasteiger partial charge in [-0.05, 0) is 25.3 Å². The van der Waals surface area contributed by atoms with Gasteiger partial charge in [0.05, 0.1) is 0 Å². The second-order valence-corrected chi connectivity index (χ2v) is 4.29. The Morgan fingerprint density at radius 2 is 2.11 bits per heavy atom. The third-order valence-electron chi connectivity index (χ3n) is 1.97. The largest absolute Gasteiger partial charge is 0.352 e. The lowest BCUT2D eigenvalue weighted by Crippen LogP contribution is -2.25. The molecule has 1 amide bonds. The molecule has 0 atom stereocenters. The molecule has 0 aromatic rings. The van der Waals surface area contributed by atoms with Gasteiger partial charge in [-0.15, -0.1) is 0 Å². The molecule has 1 N–H and O–H groups in total. The average Bonchev–Trinajstić information content (AvgIpc) is 2.34. The smallest absolute Gasteiger partial charge is 0.243 e. The maximum Gasteiger partial charge on any atom is 0.243 e. The van der Waals surface area contributed by atoms with Gasteiger partial charge in [0, 0.05) is 19.0 Å². The van der Waals surface area contributed by atoms with Crippen LogP contribution in [0.15, 0.2) is 36.5 Å². The van der Waals surface area contributed by atoms with E-state index in [9.17, 15) is 4.79 Å². The van der Waals surface area contributed by atoms with E-state index in [0.717, 1.165) is 12.8 Å². The molecule has 0 aliphatic heterocycles. The summed E-state index contributed by atoms with van der Waals surface area (Å²) in [5.74, 6) is 6.39. The van der Waals surface area contributed by atoms with Gasteiger partial charge >= 0.3 is 0 Å². The van der Waals surface area contributed by atoms with Gasteiger partial charge in [0.2, 0.25) is 5.91 Å². The summed E-state index contributed by atoms with van der Waals surface area (Å²) < 4.78 is 0. The summed E-state index contributed by atoms with van der Waals surface area (Å²) in [5.41, 5.74) is 0.